The van der Waals surface area contributed by atoms with Crippen LogP contribution in [0.1, 0.15) is 30.0 Å². The molecule has 0 aliphatic carbocycles. The summed E-state index contributed by atoms with van der Waals surface area (Å²) >= 11 is 1.30. The molecule has 0 saturated carbocycles. The summed E-state index contributed by atoms with van der Waals surface area (Å²) in [5.74, 6) is -0.942. The quantitative estimate of drug-likeness (QED) is 0.442. The Morgan fingerprint density at radius 1 is 1.09 bits per heavy atom. The van der Waals surface area contributed by atoms with Gasteiger partial charge in [0.15, 0.2) is 5.13 Å². The van der Waals surface area contributed by atoms with Crippen LogP contribution in [0, 0.1) is 6.92 Å². The van der Waals surface area contributed by atoms with E-state index in [9.17, 15) is 14.4 Å². The number of methoxy groups -OCH3 is 2. The summed E-state index contributed by atoms with van der Waals surface area (Å²) in [7, 11) is 3.08. The van der Waals surface area contributed by atoms with Gasteiger partial charge >= 0.3 is 0 Å². The SMILES string of the molecule is COCCNC(=O)[C@@H](c1ccc(C)cc1)N(CCOC)C(=O)CCC(=O)Nc1nccs1. The number of anilines is 1. The van der Waals surface area contributed by atoms with Gasteiger partial charge < -0.3 is 25.0 Å². The lowest BCUT2D eigenvalue weighted by molar-refractivity contribution is -0.142. The van der Waals surface area contributed by atoms with Crippen molar-refractivity contribution in [2.24, 2.45) is 0 Å². The number of nitrogens with one attached hydrogen (secondary N) is 2. The highest BCUT2D eigenvalue weighted by Crippen LogP contribution is 2.23. The molecule has 0 aliphatic heterocycles. The molecule has 2 N–H and O–H groups in total. The van der Waals surface area contributed by atoms with Crippen LogP contribution in [0.25, 0.3) is 0 Å². The summed E-state index contributed by atoms with van der Waals surface area (Å²) in [6, 6.07) is 6.60. The van der Waals surface area contributed by atoms with E-state index in [4.69, 9.17) is 9.47 Å². The van der Waals surface area contributed by atoms with Crippen molar-refractivity contribution in [3.05, 3.63) is 47.0 Å². The summed E-state index contributed by atoms with van der Waals surface area (Å²) in [5.41, 5.74) is 1.73. The number of ether oxygens (including phenoxy) is 2. The van der Waals surface area contributed by atoms with Crippen LogP contribution in [0.5, 0.6) is 0 Å². The smallest absolute Gasteiger partial charge is 0.247 e. The molecule has 32 heavy (non-hydrogen) atoms. The van der Waals surface area contributed by atoms with E-state index in [1.165, 1.54) is 23.3 Å². The molecule has 1 aromatic heterocycles. The Hall–Kier alpha value is -2.82. The normalized spacial score (nSPS) is 11.6. The Morgan fingerprint density at radius 3 is 2.44 bits per heavy atom. The first-order valence-electron chi connectivity index (χ1n) is 10.3. The van der Waals surface area contributed by atoms with Gasteiger partial charge in [-0.25, -0.2) is 4.98 Å². The fraction of sp³-hybridized carbons (Fsp3) is 0.455. The summed E-state index contributed by atoms with van der Waals surface area (Å²) in [4.78, 5) is 43.9. The fourth-order valence-corrected chi connectivity index (χ4v) is 3.56. The topological polar surface area (TPSA) is 110 Å². The highest BCUT2D eigenvalue weighted by atomic mass is 32.1. The zero-order valence-corrected chi connectivity index (χ0v) is 19.4. The number of amides is 3. The third-order valence-electron chi connectivity index (χ3n) is 4.66. The molecule has 9 nitrogen and oxygen atoms in total. The first-order chi connectivity index (χ1) is 15.5. The van der Waals surface area contributed by atoms with E-state index in [0.29, 0.717) is 23.8 Å². The predicted molar refractivity (Wildman–Crippen MR) is 122 cm³/mol. The van der Waals surface area contributed by atoms with E-state index in [2.05, 4.69) is 15.6 Å². The Bertz CT molecular complexity index is 858. The minimum atomic E-state index is -0.850. The molecular formula is C22H30N4O5S. The second kappa shape index (κ2) is 13.6. The van der Waals surface area contributed by atoms with Crippen molar-refractivity contribution < 1.29 is 23.9 Å². The highest BCUT2D eigenvalue weighted by molar-refractivity contribution is 7.13. The molecule has 0 radical (unpaired) electrons. The van der Waals surface area contributed by atoms with Crippen LogP contribution in [0.4, 0.5) is 5.13 Å². The average Bonchev–Trinajstić information content (AvgIpc) is 3.29. The van der Waals surface area contributed by atoms with Gasteiger partial charge in [0.05, 0.1) is 13.2 Å². The maximum absolute atomic E-state index is 13.1. The Labute approximate surface area is 192 Å². The molecule has 2 rings (SSSR count). The van der Waals surface area contributed by atoms with Gasteiger partial charge in [-0.15, -0.1) is 11.3 Å². The van der Waals surface area contributed by atoms with Crippen molar-refractivity contribution in [1.82, 2.24) is 15.2 Å². The van der Waals surface area contributed by atoms with Crippen LogP contribution in [-0.2, 0) is 23.9 Å². The predicted octanol–water partition coefficient (Wildman–Crippen LogP) is 2.15. The largest absolute Gasteiger partial charge is 0.383 e. The average molecular weight is 463 g/mol. The number of hydrogen-bond donors (Lipinski definition) is 2. The van der Waals surface area contributed by atoms with E-state index in [1.807, 2.05) is 31.2 Å². The van der Waals surface area contributed by atoms with Crippen LogP contribution >= 0.6 is 11.3 Å². The Morgan fingerprint density at radius 2 is 1.81 bits per heavy atom. The number of hydrogen-bond acceptors (Lipinski definition) is 7. The molecule has 1 heterocycles. The number of thiazole rings is 1. The van der Waals surface area contributed by atoms with E-state index in [-0.39, 0.29) is 43.7 Å². The van der Waals surface area contributed by atoms with Crippen LogP contribution in [0.2, 0.25) is 0 Å². The first-order valence-corrected chi connectivity index (χ1v) is 11.1. The van der Waals surface area contributed by atoms with E-state index >= 15 is 0 Å². The number of carbonyl (C=O) groups is 3. The van der Waals surface area contributed by atoms with Gasteiger partial charge in [-0.05, 0) is 12.5 Å². The molecule has 0 fully saturated rings. The molecular weight excluding hydrogens is 432 g/mol. The molecule has 0 saturated heterocycles. The van der Waals surface area contributed by atoms with Crippen LogP contribution in [0.15, 0.2) is 35.8 Å². The summed E-state index contributed by atoms with van der Waals surface area (Å²) < 4.78 is 10.2. The molecule has 1 atom stereocenters. The van der Waals surface area contributed by atoms with Gasteiger partial charge in [-0.1, -0.05) is 29.8 Å². The highest BCUT2D eigenvalue weighted by Gasteiger charge is 2.31. The number of nitrogens with zero attached hydrogens (tertiary/aromatic N) is 2. The van der Waals surface area contributed by atoms with Crippen LogP contribution in [-0.4, -0.2) is 68.1 Å². The van der Waals surface area contributed by atoms with Gasteiger partial charge in [-0.3, -0.25) is 14.4 Å². The maximum Gasteiger partial charge on any atom is 0.247 e. The number of carbonyl (C=O) groups excluding carboxylic acids is 3. The van der Waals surface area contributed by atoms with Crippen molar-refractivity contribution >= 4 is 34.2 Å². The zero-order valence-electron chi connectivity index (χ0n) is 18.6. The van der Waals surface area contributed by atoms with Crippen molar-refractivity contribution in [2.45, 2.75) is 25.8 Å². The molecule has 0 spiro atoms. The van der Waals surface area contributed by atoms with Gasteiger partial charge in [-0.2, -0.15) is 0 Å². The van der Waals surface area contributed by atoms with E-state index in [0.717, 1.165) is 5.56 Å². The zero-order chi connectivity index (χ0) is 23.3. The third-order valence-corrected chi connectivity index (χ3v) is 5.35. The summed E-state index contributed by atoms with van der Waals surface area (Å²) in [6.07, 6.45) is 1.52. The minimum Gasteiger partial charge on any atom is -0.383 e. The number of aryl methyl sites for hydroxylation is 1. The van der Waals surface area contributed by atoms with Gasteiger partial charge in [0.2, 0.25) is 17.7 Å². The van der Waals surface area contributed by atoms with Crippen LogP contribution in [0.3, 0.4) is 0 Å². The molecule has 0 bridgehead atoms. The number of rotatable bonds is 13. The van der Waals surface area contributed by atoms with Crippen molar-refractivity contribution in [2.75, 3.05) is 45.8 Å². The lowest BCUT2D eigenvalue weighted by Gasteiger charge is -2.31. The molecule has 3 amide bonds. The molecule has 0 aliphatic rings. The maximum atomic E-state index is 13.1. The monoisotopic (exact) mass is 462 g/mol. The third kappa shape index (κ3) is 8.03. The standard InChI is InChI=1S/C22H30N4O5S/c1-16-4-6-17(7-5-16)20(21(29)23-10-13-30-2)26(12-14-31-3)19(28)9-8-18(27)25-22-24-11-15-32-22/h4-7,11,15,20H,8-10,12-14H2,1-3H3,(H,23,29)(H,24,25,27)/t20-/m1/s1. The molecule has 2 aromatic rings. The second-order valence-electron chi connectivity index (χ2n) is 7.06. The number of benzene rings is 1. The number of aromatic nitrogens is 1. The fourth-order valence-electron chi connectivity index (χ4n) is 3.01. The Balaban J connectivity index is 2.17. The summed E-state index contributed by atoms with van der Waals surface area (Å²) in [5, 5.41) is 7.71. The lowest BCUT2D eigenvalue weighted by atomic mass is 10.0. The van der Waals surface area contributed by atoms with E-state index in [1.54, 1.807) is 18.7 Å². The van der Waals surface area contributed by atoms with Crippen molar-refractivity contribution in [3.8, 4) is 0 Å². The minimum absolute atomic E-state index is 0.0200. The lowest BCUT2D eigenvalue weighted by Crippen LogP contribution is -2.45. The molecule has 0 unspecified atom stereocenters. The molecule has 174 valence electrons. The second-order valence-corrected chi connectivity index (χ2v) is 7.96. The molecule has 10 heteroatoms. The van der Waals surface area contributed by atoms with Crippen molar-refractivity contribution in [3.63, 3.8) is 0 Å². The van der Waals surface area contributed by atoms with Gasteiger partial charge in [0, 0.05) is 51.7 Å². The van der Waals surface area contributed by atoms with Crippen LogP contribution < -0.4 is 10.6 Å². The first kappa shape index (κ1) is 25.4. The molecule has 1 aromatic carbocycles. The van der Waals surface area contributed by atoms with E-state index < -0.39 is 6.04 Å². The van der Waals surface area contributed by atoms with Crippen molar-refractivity contribution in [1.29, 1.82) is 0 Å². The van der Waals surface area contributed by atoms with Gasteiger partial charge in [0.25, 0.3) is 0 Å². The Kier molecular flexibility index (Phi) is 10.8. The summed E-state index contributed by atoms with van der Waals surface area (Å²) in [6.45, 7) is 3.09. The van der Waals surface area contributed by atoms with Gasteiger partial charge in [0.1, 0.15) is 6.04 Å².